The number of rotatable bonds is 10. The molecule has 0 bridgehead atoms. The first-order chi connectivity index (χ1) is 21.1. The lowest BCUT2D eigenvalue weighted by atomic mass is 9.79. The highest BCUT2D eigenvalue weighted by Gasteiger charge is 2.54. The van der Waals surface area contributed by atoms with E-state index in [9.17, 15) is 24.6 Å². The Balaban J connectivity index is 1.20. The first kappa shape index (κ1) is 32.0. The van der Waals surface area contributed by atoms with Crippen LogP contribution in [0.4, 0.5) is 0 Å². The van der Waals surface area contributed by atoms with Crippen molar-refractivity contribution in [2.75, 3.05) is 19.6 Å². The van der Waals surface area contributed by atoms with E-state index in [4.69, 9.17) is 4.74 Å². The molecule has 1 aliphatic carbocycles. The third-order valence-corrected chi connectivity index (χ3v) is 9.82. The number of carbonyl (C=O) groups is 3. The highest BCUT2D eigenvalue weighted by atomic mass is 16.5. The van der Waals surface area contributed by atoms with Gasteiger partial charge in [0.2, 0.25) is 11.8 Å². The van der Waals surface area contributed by atoms with Crippen molar-refractivity contribution < 1.29 is 29.3 Å². The molecule has 3 aliphatic rings. The number of amides is 2. The average molecular weight is 606 g/mol. The fourth-order valence-electron chi connectivity index (χ4n) is 7.15. The molecule has 2 heterocycles. The van der Waals surface area contributed by atoms with E-state index in [0.29, 0.717) is 63.2 Å². The van der Waals surface area contributed by atoms with Crippen molar-refractivity contribution in [3.63, 3.8) is 0 Å². The molecular formula is C35H47N3O6. The van der Waals surface area contributed by atoms with E-state index in [1.54, 1.807) is 12.1 Å². The Morgan fingerprint density at radius 2 is 1.68 bits per heavy atom. The zero-order valence-electron chi connectivity index (χ0n) is 26.1. The monoisotopic (exact) mass is 605 g/mol. The van der Waals surface area contributed by atoms with E-state index < -0.39 is 23.2 Å². The van der Waals surface area contributed by atoms with E-state index in [-0.39, 0.29) is 17.4 Å². The molecule has 5 rings (SSSR count). The molecule has 9 heteroatoms. The number of piperazine rings is 1. The van der Waals surface area contributed by atoms with Gasteiger partial charge in [0.05, 0.1) is 11.2 Å². The summed E-state index contributed by atoms with van der Waals surface area (Å²) < 4.78 is 5.99. The Kier molecular flexibility index (Phi) is 9.95. The van der Waals surface area contributed by atoms with Crippen LogP contribution < -0.4 is 10.1 Å². The number of aromatic carboxylic acids is 1. The number of hydrogen-bond acceptors (Lipinski definition) is 6. The van der Waals surface area contributed by atoms with Crippen molar-refractivity contribution in [1.82, 2.24) is 15.1 Å². The highest BCUT2D eigenvalue weighted by molar-refractivity contribution is 6.00. The van der Waals surface area contributed by atoms with Gasteiger partial charge in [-0.2, -0.15) is 0 Å². The maximum atomic E-state index is 13.9. The third kappa shape index (κ3) is 7.10. The standard InChI is InChI=1S/C35H47N3O6/c1-3-4-19-38-31(39)29(23-34(43)15-7-5-6-8-16-34)36-33(42)35(38)17-20-37(21-18-35)24-26-9-12-28(13-10-26)44-30-14-11-27(32(40)41)22-25(30)2/h9-14,22,29,43H,3-8,15-21,23-24H2,1-2H3,(H,36,42)(H,40,41)/t29-/m1/s1. The lowest BCUT2D eigenvalue weighted by molar-refractivity contribution is -0.163. The summed E-state index contributed by atoms with van der Waals surface area (Å²) in [4.78, 5) is 43.1. The number of aliphatic hydroxyl groups is 1. The zero-order chi connectivity index (χ0) is 31.3. The second kappa shape index (κ2) is 13.7. The van der Waals surface area contributed by atoms with Gasteiger partial charge in [-0.3, -0.25) is 14.5 Å². The molecule has 2 aliphatic heterocycles. The molecule has 3 fully saturated rings. The molecule has 9 nitrogen and oxygen atoms in total. The molecule has 2 aromatic rings. The summed E-state index contributed by atoms with van der Waals surface area (Å²) in [6, 6.07) is 12.0. The normalized spacial score (nSPS) is 22.0. The molecule has 0 aromatic heterocycles. The van der Waals surface area contributed by atoms with Crippen LogP contribution in [0.1, 0.15) is 99.0 Å². The van der Waals surface area contributed by atoms with Crippen molar-refractivity contribution >= 4 is 17.8 Å². The van der Waals surface area contributed by atoms with Gasteiger partial charge in [-0.25, -0.2) is 4.79 Å². The molecule has 2 amide bonds. The van der Waals surface area contributed by atoms with Gasteiger partial charge in [-0.15, -0.1) is 0 Å². The van der Waals surface area contributed by atoms with E-state index in [1.165, 1.54) is 6.07 Å². The molecule has 1 atom stereocenters. The second-order valence-corrected chi connectivity index (χ2v) is 13.1. The van der Waals surface area contributed by atoms with Crippen LogP contribution in [0.5, 0.6) is 11.5 Å². The molecule has 3 N–H and O–H groups in total. The Morgan fingerprint density at radius 1 is 1.00 bits per heavy atom. The number of unbranched alkanes of at least 4 members (excludes halogenated alkanes) is 1. The minimum atomic E-state index is -0.967. The highest BCUT2D eigenvalue weighted by Crippen LogP contribution is 2.37. The van der Waals surface area contributed by atoms with E-state index >= 15 is 0 Å². The molecule has 1 saturated carbocycles. The lowest BCUT2D eigenvalue weighted by Crippen LogP contribution is -2.73. The Morgan fingerprint density at radius 3 is 2.30 bits per heavy atom. The predicted octanol–water partition coefficient (Wildman–Crippen LogP) is 5.42. The lowest BCUT2D eigenvalue weighted by Gasteiger charge is -2.52. The summed E-state index contributed by atoms with van der Waals surface area (Å²) in [5.41, 5.74) is 0.372. The number of ether oxygens (including phenoxy) is 1. The van der Waals surface area contributed by atoms with Crippen molar-refractivity contribution in [2.45, 2.75) is 108 Å². The molecule has 238 valence electrons. The van der Waals surface area contributed by atoms with Crippen LogP contribution in [-0.4, -0.2) is 74.6 Å². The first-order valence-electron chi connectivity index (χ1n) is 16.3. The van der Waals surface area contributed by atoms with Gasteiger partial charge < -0.3 is 25.2 Å². The molecule has 0 unspecified atom stereocenters. The molecule has 2 aromatic carbocycles. The number of benzene rings is 2. The molecule has 0 radical (unpaired) electrons. The summed E-state index contributed by atoms with van der Waals surface area (Å²) in [7, 11) is 0. The van der Waals surface area contributed by atoms with Crippen molar-refractivity contribution in [1.29, 1.82) is 0 Å². The Labute approximate surface area is 260 Å². The summed E-state index contributed by atoms with van der Waals surface area (Å²) in [6.07, 6.45) is 8.77. The van der Waals surface area contributed by atoms with Gasteiger partial charge in [-0.05, 0) is 80.5 Å². The summed E-state index contributed by atoms with van der Waals surface area (Å²) in [5.74, 6) is 0.217. The average Bonchev–Trinajstić information content (AvgIpc) is 3.23. The maximum Gasteiger partial charge on any atom is 0.335 e. The smallest absolute Gasteiger partial charge is 0.335 e. The van der Waals surface area contributed by atoms with Crippen molar-refractivity contribution in [3.05, 3.63) is 59.2 Å². The zero-order valence-corrected chi connectivity index (χ0v) is 26.1. The number of carbonyl (C=O) groups excluding carboxylic acids is 2. The van der Waals surface area contributed by atoms with Gasteiger partial charge in [0.15, 0.2) is 0 Å². The fourth-order valence-corrected chi connectivity index (χ4v) is 7.15. The topological polar surface area (TPSA) is 119 Å². The number of likely N-dealkylation sites (tertiary alicyclic amines) is 1. The number of hydrogen-bond donors (Lipinski definition) is 3. The second-order valence-electron chi connectivity index (χ2n) is 13.1. The minimum Gasteiger partial charge on any atom is -0.478 e. The first-order valence-corrected chi connectivity index (χ1v) is 16.3. The van der Waals surface area contributed by atoms with E-state index in [0.717, 1.165) is 56.2 Å². The fraction of sp³-hybridized carbons (Fsp3) is 0.571. The van der Waals surface area contributed by atoms with Crippen LogP contribution in [-0.2, 0) is 16.1 Å². The van der Waals surface area contributed by atoms with Crippen LogP contribution in [0.15, 0.2) is 42.5 Å². The van der Waals surface area contributed by atoms with Gasteiger partial charge in [0.25, 0.3) is 0 Å². The number of carboxylic acid groups (broad SMARTS) is 1. The van der Waals surface area contributed by atoms with E-state index in [2.05, 4.69) is 17.1 Å². The van der Waals surface area contributed by atoms with Crippen LogP contribution in [0.2, 0.25) is 0 Å². The quantitative estimate of drug-likeness (QED) is 0.309. The largest absolute Gasteiger partial charge is 0.478 e. The maximum absolute atomic E-state index is 13.9. The Hall–Kier alpha value is -3.43. The van der Waals surface area contributed by atoms with Gasteiger partial charge >= 0.3 is 5.97 Å². The number of nitrogens with zero attached hydrogens (tertiary/aromatic N) is 2. The molecule has 1 spiro atoms. The number of piperidine rings is 1. The van der Waals surface area contributed by atoms with Crippen molar-refractivity contribution in [3.8, 4) is 11.5 Å². The number of aryl methyl sites for hydroxylation is 1. The predicted molar refractivity (Wildman–Crippen MR) is 168 cm³/mol. The van der Waals surface area contributed by atoms with Crippen LogP contribution in [0, 0.1) is 6.92 Å². The molecular weight excluding hydrogens is 558 g/mol. The van der Waals surface area contributed by atoms with Gasteiger partial charge in [0, 0.05) is 32.6 Å². The van der Waals surface area contributed by atoms with Crippen LogP contribution in [0.25, 0.3) is 0 Å². The SMILES string of the molecule is CCCCN1C(=O)[C@@H](CC2(O)CCCCCC2)NC(=O)C12CCN(Cc1ccc(Oc3ccc(C(=O)O)cc3C)cc1)CC2. The summed E-state index contributed by atoms with van der Waals surface area (Å²) in [6.45, 7) is 6.61. The Bertz CT molecular complexity index is 1330. The minimum absolute atomic E-state index is 0.0346. The third-order valence-electron chi connectivity index (χ3n) is 9.82. The number of nitrogens with one attached hydrogen (secondary N) is 1. The number of carboxylic acids is 1. The van der Waals surface area contributed by atoms with Gasteiger partial charge in [0.1, 0.15) is 23.1 Å². The molecule has 44 heavy (non-hydrogen) atoms. The summed E-state index contributed by atoms with van der Waals surface area (Å²) in [5, 5.41) is 23.6. The van der Waals surface area contributed by atoms with Crippen LogP contribution >= 0.6 is 0 Å². The molecule has 2 saturated heterocycles. The van der Waals surface area contributed by atoms with Crippen LogP contribution in [0.3, 0.4) is 0 Å². The van der Waals surface area contributed by atoms with E-state index in [1.807, 2.05) is 36.1 Å². The summed E-state index contributed by atoms with van der Waals surface area (Å²) >= 11 is 0. The van der Waals surface area contributed by atoms with Gasteiger partial charge in [-0.1, -0.05) is 51.2 Å². The van der Waals surface area contributed by atoms with Crippen molar-refractivity contribution in [2.24, 2.45) is 0 Å².